The van der Waals surface area contributed by atoms with Crippen molar-refractivity contribution in [2.24, 2.45) is 0 Å². The number of nitrogens with zero attached hydrogens (tertiary/aromatic N) is 2. The van der Waals surface area contributed by atoms with Gasteiger partial charge in [0.15, 0.2) is 0 Å². The summed E-state index contributed by atoms with van der Waals surface area (Å²) in [5.41, 5.74) is 0. The molecule has 0 bridgehead atoms. The molecule has 0 N–H and O–H groups in total. The van der Waals surface area contributed by atoms with Gasteiger partial charge in [0.25, 0.3) is 0 Å². The lowest BCUT2D eigenvalue weighted by Gasteiger charge is -2.12. The fourth-order valence-corrected chi connectivity index (χ4v) is 0.703. The van der Waals surface area contributed by atoms with Crippen LogP contribution in [0.4, 0.5) is 0 Å². The molecule has 64 valence electrons. The first-order valence-corrected chi connectivity index (χ1v) is 3.42. The van der Waals surface area contributed by atoms with Crippen LogP contribution in [0.1, 0.15) is 13.8 Å². The van der Waals surface area contributed by atoms with Crippen molar-refractivity contribution in [1.29, 1.82) is 0 Å². The minimum atomic E-state index is 0. The van der Waals surface area contributed by atoms with Crippen LogP contribution in [-0.2, 0) is 0 Å². The van der Waals surface area contributed by atoms with E-state index in [-0.39, 0.29) is 7.43 Å². The highest BCUT2D eigenvalue weighted by atomic mass is 15.1. The van der Waals surface area contributed by atoms with Gasteiger partial charge in [-0.15, -0.1) is 0 Å². The largest absolute Gasteiger partial charge is 0.309 e. The molecule has 0 aromatic rings. The van der Waals surface area contributed by atoms with Gasteiger partial charge in [0, 0.05) is 0 Å². The summed E-state index contributed by atoms with van der Waals surface area (Å²) in [5, 5.41) is 0. The van der Waals surface area contributed by atoms with E-state index in [1.807, 2.05) is 0 Å². The first kappa shape index (κ1) is 12.6. The van der Waals surface area contributed by atoms with Crippen molar-refractivity contribution in [2.75, 3.05) is 41.3 Å². The number of hydrogen-bond acceptors (Lipinski definition) is 2. The molecule has 0 radical (unpaired) electrons. The summed E-state index contributed by atoms with van der Waals surface area (Å²) in [6, 6.07) is 0. The topological polar surface area (TPSA) is 6.48 Å². The zero-order valence-corrected chi connectivity index (χ0v) is 7.02. The fraction of sp³-hybridized carbons (Fsp3) is 1.00. The molecular formula is C8H22N2. The first-order chi connectivity index (χ1) is 4.13. The molecule has 0 aliphatic carbocycles. The van der Waals surface area contributed by atoms with Gasteiger partial charge in [-0.05, 0) is 47.7 Å². The fourth-order valence-electron chi connectivity index (χ4n) is 0.703. The number of hydrogen-bond donors (Lipinski definition) is 0. The Morgan fingerprint density at radius 3 is 1.30 bits per heavy atom. The molecule has 0 saturated carbocycles. The molecule has 2 heteroatoms. The van der Waals surface area contributed by atoms with Crippen LogP contribution in [-0.4, -0.2) is 51.1 Å². The molecular weight excluding hydrogens is 124 g/mol. The summed E-state index contributed by atoms with van der Waals surface area (Å²) in [7, 11) is 8.43. The molecule has 0 spiro atoms. The van der Waals surface area contributed by atoms with Gasteiger partial charge in [-0.3, -0.25) is 0 Å². The van der Waals surface area contributed by atoms with Crippen molar-refractivity contribution in [2.45, 2.75) is 13.8 Å². The Morgan fingerprint density at radius 1 is 0.800 bits per heavy atom. The maximum atomic E-state index is 2.21. The van der Waals surface area contributed by atoms with Crippen molar-refractivity contribution in [3.05, 3.63) is 0 Å². The molecule has 0 fully saturated rings. The van der Waals surface area contributed by atoms with E-state index in [9.17, 15) is 0 Å². The lowest BCUT2D eigenvalue weighted by Crippen LogP contribution is -2.20. The van der Waals surface area contributed by atoms with Gasteiger partial charge < -0.3 is 9.80 Å². The highest BCUT2D eigenvalue weighted by Gasteiger charge is 1.90. The molecule has 0 amide bonds. The van der Waals surface area contributed by atoms with Gasteiger partial charge in [0.2, 0.25) is 0 Å². The number of rotatable bonds is 4. The van der Waals surface area contributed by atoms with Crippen LogP contribution in [0.25, 0.3) is 0 Å². The molecule has 0 atom stereocenters. The Balaban J connectivity index is 0. The Hall–Kier alpha value is -0.0800. The second kappa shape index (κ2) is 7.03. The molecule has 0 unspecified atom stereocenters. The third-order valence-electron chi connectivity index (χ3n) is 1.21. The molecule has 0 rings (SSSR count). The van der Waals surface area contributed by atoms with Gasteiger partial charge in [0.1, 0.15) is 0 Å². The molecule has 0 aliphatic heterocycles. The van der Waals surface area contributed by atoms with Crippen LogP contribution in [0, 0.1) is 0 Å². The van der Waals surface area contributed by atoms with Crippen LogP contribution in [0.5, 0.6) is 0 Å². The lowest BCUT2D eigenvalue weighted by atomic mass is 10.4. The van der Waals surface area contributed by atoms with Crippen LogP contribution >= 0.6 is 0 Å². The summed E-state index contributed by atoms with van der Waals surface area (Å²) >= 11 is 0. The maximum Gasteiger partial charge on any atom is -0.00126 e. The van der Waals surface area contributed by atoms with E-state index in [1.165, 1.54) is 19.5 Å². The lowest BCUT2D eigenvalue weighted by molar-refractivity contribution is 0.340. The van der Waals surface area contributed by atoms with E-state index in [0.717, 1.165) is 0 Å². The summed E-state index contributed by atoms with van der Waals surface area (Å²) in [6.45, 7) is 2.39. The molecule has 2 nitrogen and oxygen atoms in total. The second-order valence-electron chi connectivity index (χ2n) is 2.96. The average Bonchev–Trinajstić information content (AvgIpc) is 1.63. The predicted octanol–water partition coefficient (Wildman–Crippen LogP) is 1.14. The van der Waals surface area contributed by atoms with E-state index in [4.69, 9.17) is 0 Å². The summed E-state index contributed by atoms with van der Waals surface area (Å²) < 4.78 is 0. The highest BCUT2D eigenvalue weighted by molar-refractivity contribution is 4.47. The first-order valence-electron chi connectivity index (χ1n) is 3.42. The van der Waals surface area contributed by atoms with Crippen molar-refractivity contribution in [1.82, 2.24) is 9.80 Å². The zero-order chi connectivity index (χ0) is 7.28. The van der Waals surface area contributed by atoms with Crippen LogP contribution < -0.4 is 0 Å². The molecule has 0 heterocycles. The van der Waals surface area contributed by atoms with Gasteiger partial charge in [0.05, 0.1) is 0 Å². The van der Waals surface area contributed by atoms with Crippen molar-refractivity contribution in [3.63, 3.8) is 0 Å². The Labute approximate surface area is 65.8 Å². The Morgan fingerprint density at radius 2 is 1.10 bits per heavy atom. The van der Waals surface area contributed by atoms with Gasteiger partial charge in [-0.25, -0.2) is 0 Å². The minimum absolute atomic E-state index is 0. The summed E-state index contributed by atoms with van der Waals surface area (Å²) in [6.07, 6.45) is 1.26. The van der Waals surface area contributed by atoms with Crippen LogP contribution in [0.15, 0.2) is 0 Å². The molecule has 0 aromatic heterocycles. The molecule has 10 heavy (non-hydrogen) atoms. The maximum absolute atomic E-state index is 2.21. The molecule has 0 aromatic carbocycles. The van der Waals surface area contributed by atoms with Crippen LogP contribution in [0.3, 0.4) is 0 Å². The summed E-state index contributed by atoms with van der Waals surface area (Å²) in [4.78, 5) is 4.42. The van der Waals surface area contributed by atoms with Gasteiger partial charge in [-0.1, -0.05) is 7.43 Å². The third-order valence-corrected chi connectivity index (χ3v) is 1.21. The van der Waals surface area contributed by atoms with E-state index < -0.39 is 0 Å². The van der Waals surface area contributed by atoms with Gasteiger partial charge in [-0.2, -0.15) is 0 Å². The van der Waals surface area contributed by atoms with E-state index in [0.29, 0.717) is 0 Å². The van der Waals surface area contributed by atoms with Crippen molar-refractivity contribution < 1.29 is 0 Å². The SMILES string of the molecule is C.CN(C)CCCN(C)C. The molecule has 0 saturated heterocycles. The third kappa shape index (κ3) is 10.8. The van der Waals surface area contributed by atoms with E-state index in [2.05, 4.69) is 38.0 Å². The standard InChI is InChI=1S/C7H18N2.CH4/c1-8(2)6-5-7-9(3)4;/h5-7H2,1-4H3;1H4. The van der Waals surface area contributed by atoms with E-state index in [1.54, 1.807) is 0 Å². The normalized spacial score (nSPS) is 10.2. The van der Waals surface area contributed by atoms with Crippen LogP contribution in [0.2, 0.25) is 0 Å². The Kier molecular flexibility index (Phi) is 8.85. The second-order valence-corrected chi connectivity index (χ2v) is 2.96. The van der Waals surface area contributed by atoms with E-state index >= 15 is 0 Å². The van der Waals surface area contributed by atoms with Crippen molar-refractivity contribution >= 4 is 0 Å². The minimum Gasteiger partial charge on any atom is -0.309 e. The van der Waals surface area contributed by atoms with Gasteiger partial charge >= 0.3 is 0 Å². The zero-order valence-electron chi connectivity index (χ0n) is 7.02. The quantitative estimate of drug-likeness (QED) is 0.587. The predicted molar refractivity (Wildman–Crippen MR) is 48.5 cm³/mol. The highest BCUT2D eigenvalue weighted by Crippen LogP contribution is 1.84. The molecule has 0 aliphatic rings. The van der Waals surface area contributed by atoms with Crippen molar-refractivity contribution in [3.8, 4) is 0 Å². The average molecular weight is 146 g/mol. The smallest absolute Gasteiger partial charge is 0.00126 e. The summed E-state index contributed by atoms with van der Waals surface area (Å²) in [5.74, 6) is 0. The monoisotopic (exact) mass is 146 g/mol. The Bertz CT molecular complexity index is 52.3.